The molecule has 0 aromatic carbocycles. The zero-order valence-corrected chi connectivity index (χ0v) is 6.65. The Balaban J connectivity index is 2.96. The zero-order chi connectivity index (χ0) is 8.97. The minimum atomic E-state index is -0.407. The van der Waals surface area contributed by atoms with E-state index in [1.807, 2.05) is 0 Å². The van der Waals surface area contributed by atoms with E-state index >= 15 is 0 Å². The summed E-state index contributed by atoms with van der Waals surface area (Å²) in [4.78, 5) is 14.5. The van der Waals surface area contributed by atoms with Gasteiger partial charge in [-0.25, -0.2) is 4.99 Å². The van der Waals surface area contributed by atoms with Crippen LogP contribution in [0.1, 0.15) is 12.7 Å². The summed E-state index contributed by atoms with van der Waals surface area (Å²) < 4.78 is 4.95. The van der Waals surface area contributed by atoms with E-state index in [0.717, 1.165) is 0 Å². The van der Waals surface area contributed by atoms with Crippen LogP contribution in [0.15, 0.2) is 27.8 Å². The van der Waals surface area contributed by atoms with Crippen LogP contribution < -0.4 is 0 Å². The molecule has 0 fully saturated rings. The first-order chi connectivity index (χ1) is 5.75. The van der Waals surface area contributed by atoms with E-state index in [0.29, 0.717) is 5.76 Å². The van der Waals surface area contributed by atoms with Crippen LogP contribution in [0.4, 0.5) is 0 Å². The molecule has 0 bridgehead atoms. The lowest BCUT2D eigenvalue weighted by Gasteiger charge is -1.95. The highest BCUT2D eigenvalue weighted by atomic mass is 16.3. The lowest BCUT2D eigenvalue weighted by atomic mass is 10.2. The van der Waals surface area contributed by atoms with Crippen molar-refractivity contribution in [3.8, 4) is 0 Å². The Bertz CT molecular complexity index is 287. The molecule has 4 heteroatoms. The molecule has 0 aliphatic heterocycles. The van der Waals surface area contributed by atoms with Crippen molar-refractivity contribution in [2.45, 2.75) is 6.92 Å². The van der Waals surface area contributed by atoms with E-state index in [1.165, 1.54) is 13.2 Å². The van der Waals surface area contributed by atoms with Crippen molar-refractivity contribution in [2.24, 2.45) is 4.99 Å². The molecule has 0 saturated carbocycles. The summed E-state index contributed by atoms with van der Waals surface area (Å²) in [7, 11) is 0. The lowest BCUT2D eigenvalue weighted by Crippen LogP contribution is -2.11. The molecule has 0 atom stereocenters. The Labute approximate surface area is 69.5 Å². The van der Waals surface area contributed by atoms with Gasteiger partial charge in [0.1, 0.15) is 12.4 Å². The van der Waals surface area contributed by atoms with Gasteiger partial charge in [-0.3, -0.25) is 4.79 Å². The number of Topliss-reactive ketones (excluding diaryl/α,β-unsaturated/α-hetero) is 1. The third kappa shape index (κ3) is 1.79. The van der Waals surface area contributed by atoms with Crippen LogP contribution in [0.3, 0.4) is 0 Å². The van der Waals surface area contributed by atoms with E-state index in [1.54, 1.807) is 12.1 Å². The Kier molecular flexibility index (Phi) is 2.76. The summed E-state index contributed by atoms with van der Waals surface area (Å²) in [6.07, 6.45) is 1.45. The fraction of sp³-hybridized carbons (Fsp3) is 0.250. The van der Waals surface area contributed by atoms with Gasteiger partial charge in [-0.1, -0.05) is 0 Å². The van der Waals surface area contributed by atoms with E-state index in [4.69, 9.17) is 9.52 Å². The van der Waals surface area contributed by atoms with Crippen molar-refractivity contribution in [3.05, 3.63) is 24.2 Å². The van der Waals surface area contributed by atoms with Crippen molar-refractivity contribution in [1.29, 1.82) is 0 Å². The normalized spacial score (nSPS) is 11.7. The first-order valence-corrected chi connectivity index (χ1v) is 3.46. The number of ketones is 1. The molecule has 1 aromatic heterocycles. The van der Waals surface area contributed by atoms with Crippen molar-refractivity contribution in [3.63, 3.8) is 0 Å². The molecule has 4 nitrogen and oxygen atoms in total. The summed E-state index contributed by atoms with van der Waals surface area (Å²) in [5.74, 6) is 0.163. The maximum Gasteiger partial charge on any atom is 0.181 e. The highest BCUT2D eigenvalue weighted by Gasteiger charge is 2.10. The van der Waals surface area contributed by atoms with Crippen LogP contribution in [0.25, 0.3) is 0 Å². The molecule has 1 aromatic rings. The van der Waals surface area contributed by atoms with E-state index in [9.17, 15) is 4.79 Å². The molecule has 64 valence electrons. The summed E-state index contributed by atoms with van der Waals surface area (Å²) in [5, 5.41) is 8.50. The monoisotopic (exact) mass is 167 g/mol. The molecule has 0 radical (unpaired) electrons. The maximum absolute atomic E-state index is 10.9. The topological polar surface area (TPSA) is 62.8 Å². The number of carbonyl (C=O) groups is 1. The predicted molar refractivity (Wildman–Crippen MR) is 43.0 cm³/mol. The van der Waals surface area contributed by atoms with Crippen molar-refractivity contribution in [2.75, 3.05) is 6.73 Å². The van der Waals surface area contributed by atoms with E-state index in [-0.39, 0.29) is 11.5 Å². The van der Waals surface area contributed by atoms with E-state index in [2.05, 4.69) is 4.99 Å². The Morgan fingerprint density at radius 2 is 2.50 bits per heavy atom. The first-order valence-electron chi connectivity index (χ1n) is 3.46. The van der Waals surface area contributed by atoms with Gasteiger partial charge in [-0.15, -0.1) is 0 Å². The van der Waals surface area contributed by atoms with Gasteiger partial charge >= 0.3 is 0 Å². The Morgan fingerprint density at radius 3 is 2.92 bits per heavy atom. The lowest BCUT2D eigenvalue weighted by molar-refractivity contribution is -0.111. The number of furan rings is 1. The van der Waals surface area contributed by atoms with Crippen LogP contribution >= 0.6 is 0 Å². The second-order valence-corrected chi connectivity index (χ2v) is 2.18. The van der Waals surface area contributed by atoms with Crippen LogP contribution in [0, 0.1) is 0 Å². The molecule has 0 aliphatic rings. The summed E-state index contributed by atoms with van der Waals surface area (Å²) in [6.45, 7) is 0.965. The second-order valence-electron chi connectivity index (χ2n) is 2.18. The number of rotatable bonds is 3. The average molecular weight is 167 g/mol. The summed E-state index contributed by atoms with van der Waals surface area (Å²) in [5.41, 5.74) is 0.169. The number of hydrogen-bond donors (Lipinski definition) is 1. The van der Waals surface area contributed by atoms with Crippen molar-refractivity contribution in [1.82, 2.24) is 0 Å². The SMILES string of the molecule is CC(=O)C(=NCO)c1ccco1. The van der Waals surface area contributed by atoms with Gasteiger partial charge in [0.15, 0.2) is 11.5 Å². The number of carbonyl (C=O) groups excluding carboxylic acids is 1. The third-order valence-corrected chi connectivity index (χ3v) is 1.32. The fourth-order valence-electron chi connectivity index (χ4n) is 0.847. The van der Waals surface area contributed by atoms with Crippen molar-refractivity contribution < 1.29 is 14.3 Å². The molecule has 1 heterocycles. The molecule has 0 spiro atoms. The fourth-order valence-corrected chi connectivity index (χ4v) is 0.847. The molecule has 0 aliphatic carbocycles. The molecular weight excluding hydrogens is 158 g/mol. The van der Waals surface area contributed by atoms with E-state index < -0.39 is 6.73 Å². The minimum absolute atomic E-state index is 0.169. The number of aliphatic hydroxyl groups excluding tert-OH is 1. The molecule has 0 saturated heterocycles. The van der Waals surface area contributed by atoms with Gasteiger partial charge in [0.25, 0.3) is 0 Å². The Hall–Kier alpha value is -1.42. The number of nitrogens with zero attached hydrogens (tertiary/aromatic N) is 1. The van der Waals surface area contributed by atoms with Gasteiger partial charge in [0.05, 0.1) is 6.26 Å². The van der Waals surface area contributed by atoms with Gasteiger partial charge in [0, 0.05) is 6.92 Å². The quantitative estimate of drug-likeness (QED) is 0.671. The summed E-state index contributed by atoms with van der Waals surface area (Å²) in [6, 6.07) is 3.28. The number of aliphatic hydroxyl groups is 1. The van der Waals surface area contributed by atoms with Crippen LogP contribution in [-0.2, 0) is 4.79 Å². The van der Waals surface area contributed by atoms with Crippen molar-refractivity contribution >= 4 is 11.5 Å². The van der Waals surface area contributed by atoms with Gasteiger partial charge < -0.3 is 9.52 Å². The second kappa shape index (κ2) is 3.82. The average Bonchev–Trinajstić information content (AvgIpc) is 2.51. The molecule has 0 amide bonds. The standard InChI is InChI=1S/C8H9NO3/c1-6(11)8(9-5-10)7-3-2-4-12-7/h2-4,10H,5H2,1H3. The van der Waals surface area contributed by atoms with Gasteiger partial charge in [-0.05, 0) is 12.1 Å². The molecule has 1 rings (SSSR count). The first kappa shape index (κ1) is 8.67. The highest BCUT2D eigenvalue weighted by Crippen LogP contribution is 2.03. The molecular formula is C8H9NO3. The Morgan fingerprint density at radius 1 is 1.75 bits per heavy atom. The highest BCUT2D eigenvalue weighted by molar-refractivity contribution is 6.44. The van der Waals surface area contributed by atoms with Crippen LogP contribution in [0.5, 0.6) is 0 Å². The van der Waals surface area contributed by atoms with Gasteiger partial charge in [0.2, 0.25) is 0 Å². The van der Waals surface area contributed by atoms with Crippen LogP contribution in [0.2, 0.25) is 0 Å². The maximum atomic E-state index is 10.9. The minimum Gasteiger partial charge on any atom is -0.463 e. The number of aliphatic imine (C=N–C) groups is 1. The smallest absolute Gasteiger partial charge is 0.181 e. The third-order valence-electron chi connectivity index (χ3n) is 1.32. The zero-order valence-electron chi connectivity index (χ0n) is 6.65. The largest absolute Gasteiger partial charge is 0.463 e. The predicted octanol–water partition coefficient (Wildman–Crippen LogP) is 0.608. The molecule has 1 N–H and O–H groups in total. The van der Waals surface area contributed by atoms with Crippen LogP contribution in [-0.4, -0.2) is 23.3 Å². The number of hydrogen-bond acceptors (Lipinski definition) is 4. The summed E-state index contributed by atoms with van der Waals surface area (Å²) >= 11 is 0. The molecule has 0 unspecified atom stereocenters. The molecule has 12 heavy (non-hydrogen) atoms. The van der Waals surface area contributed by atoms with Gasteiger partial charge in [-0.2, -0.15) is 0 Å².